The van der Waals surface area contributed by atoms with Gasteiger partial charge in [-0.2, -0.15) is 0 Å². The predicted molar refractivity (Wildman–Crippen MR) is 107 cm³/mol. The van der Waals surface area contributed by atoms with Crippen molar-refractivity contribution in [3.8, 4) is 0 Å². The zero-order chi connectivity index (χ0) is 17.6. The number of unbranched alkanes of at least 4 members (excludes halogenated alkanes) is 14. The van der Waals surface area contributed by atoms with Crippen LogP contribution in [-0.2, 0) is 4.79 Å². The molecule has 1 N–H and O–H groups in total. The van der Waals surface area contributed by atoms with Crippen molar-refractivity contribution in [1.82, 2.24) is 0 Å². The van der Waals surface area contributed by atoms with Crippen LogP contribution in [0.1, 0.15) is 110 Å². The summed E-state index contributed by atoms with van der Waals surface area (Å²) in [5, 5.41) is 8.52. The van der Waals surface area contributed by atoms with Crippen LogP contribution in [0.3, 0.4) is 0 Å². The molecular formula is C20H42O2Si. The monoisotopic (exact) mass is 342 g/mol. The van der Waals surface area contributed by atoms with Crippen molar-refractivity contribution in [3.63, 3.8) is 0 Å². The van der Waals surface area contributed by atoms with E-state index >= 15 is 0 Å². The molecule has 0 aromatic rings. The lowest BCUT2D eigenvalue weighted by molar-refractivity contribution is -0.137. The fourth-order valence-corrected chi connectivity index (χ4v) is 2.65. The van der Waals surface area contributed by atoms with Gasteiger partial charge in [0.05, 0.1) is 0 Å². The molecule has 0 aliphatic heterocycles. The van der Waals surface area contributed by atoms with Crippen LogP contribution >= 0.6 is 0 Å². The maximum atomic E-state index is 10.3. The van der Waals surface area contributed by atoms with Crippen molar-refractivity contribution in [1.29, 1.82) is 0 Å². The third kappa shape index (κ3) is 30.0. The zero-order valence-electron chi connectivity index (χ0n) is 16.0. The van der Waals surface area contributed by atoms with E-state index in [0.29, 0.717) is 6.42 Å². The SMILES string of the molecule is C=C[SiH3].CCCCCCCCCCCCCCCCCC(=O)O. The van der Waals surface area contributed by atoms with E-state index in [0.717, 1.165) is 23.1 Å². The zero-order valence-corrected chi connectivity index (χ0v) is 18.0. The maximum absolute atomic E-state index is 10.3. The van der Waals surface area contributed by atoms with Gasteiger partial charge in [-0.25, -0.2) is 0 Å². The summed E-state index contributed by atoms with van der Waals surface area (Å²) in [5.41, 5.74) is 1.89. The third-order valence-corrected chi connectivity index (χ3v) is 3.99. The Bertz CT molecular complexity index is 242. The van der Waals surface area contributed by atoms with Gasteiger partial charge in [0.1, 0.15) is 0 Å². The van der Waals surface area contributed by atoms with Crippen LogP contribution in [0, 0.1) is 0 Å². The molecule has 23 heavy (non-hydrogen) atoms. The molecule has 0 saturated heterocycles. The van der Waals surface area contributed by atoms with E-state index in [9.17, 15) is 4.79 Å². The Balaban J connectivity index is 0. The van der Waals surface area contributed by atoms with E-state index in [-0.39, 0.29) is 0 Å². The Hall–Kier alpha value is -0.573. The van der Waals surface area contributed by atoms with E-state index in [1.165, 1.54) is 83.5 Å². The van der Waals surface area contributed by atoms with Gasteiger partial charge in [-0.1, -0.05) is 96.8 Å². The van der Waals surface area contributed by atoms with Gasteiger partial charge >= 0.3 is 5.97 Å². The highest BCUT2D eigenvalue weighted by Gasteiger charge is 1.97. The summed E-state index contributed by atoms with van der Waals surface area (Å²) in [4.78, 5) is 10.3. The summed E-state index contributed by atoms with van der Waals surface area (Å²) in [6, 6.07) is 0. The molecule has 3 heteroatoms. The maximum Gasteiger partial charge on any atom is 0.303 e. The van der Waals surface area contributed by atoms with Crippen molar-refractivity contribution in [3.05, 3.63) is 12.3 Å². The number of carboxylic acid groups (broad SMARTS) is 1. The Morgan fingerprint density at radius 1 is 0.783 bits per heavy atom. The van der Waals surface area contributed by atoms with Crippen molar-refractivity contribution in [2.24, 2.45) is 0 Å². The first kappa shape index (κ1) is 24.7. The number of rotatable bonds is 16. The number of carboxylic acids is 1. The Morgan fingerprint density at radius 2 is 1.04 bits per heavy atom. The van der Waals surface area contributed by atoms with Crippen LogP contribution in [0.2, 0.25) is 0 Å². The summed E-state index contributed by atoms with van der Waals surface area (Å²) in [6.45, 7) is 5.69. The minimum atomic E-state index is -0.653. The third-order valence-electron chi connectivity index (χ3n) is 3.99. The minimum absolute atomic E-state index is 0.345. The van der Waals surface area contributed by atoms with E-state index < -0.39 is 5.97 Å². The normalized spacial score (nSPS) is 10.1. The predicted octanol–water partition coefficient (Wildman–Crippen LogP) is 5.83. The molecule has 0 saturated carbocycles. The average Bonchev–Trinajstić information content (AvgIpc) is 2.51. The standard InChI is InChI=1S/C18H36O2.C2H6Si/c1-2-3-4-5-6-7-8-9-10-11-12-13-14-15-16-17-18(19)20;1-2-3/h2-17H2,1H3,(H,19,20);2H,1H2,3H3. The second kappa shape index (κ2) is 23.7. The number of hydrogen-bond donors (Lipinski definition) is 1. The average molecular weight is 343 g/mol. The highest BCUT2D eigenvalue weighted by atomic mass is 28.1. The Morgan fingerprint density at radius 3 is 1.30 bits per heavy atom. The van der Waals surface area contributed by atoms with Crippen molar-refractivity contribution in [2.75, 3.05) is 0 Å². The topological polar surface area (TPSA) is 37.3 Å². The van der Waals surface area contributed by atoms with Gasteiger partial charge in [-0.3, -0.25) is 4.79 Å². The lowest BCUT2D eigenvalue weighted by atomic mass is 10.0. The molecule has 0 radical (unpaired) electrons. The second-order valence-electron chi connectivity index (χ2n) is 6.50. The molecule has 0 fully saturated rings. The van der Waals surface area contributed by atoms with Crippen molar-refractivity contribution in [2.45, 2.75) is 110 Å². The molecule has 0 bridgehead atoms. The summed E-state index contributed by atoms with van der Waals surface area (Å²) in [5.74, 6) is -0.653. The van der Waals surface area contributed by atoms with Gasteiger partial charge in [0.25, 0.3) is 0 Å². The quantitative estimate of drug-likeness (QED) is 0.283. The lowest BCUT2D eigenvalue weighted by Gasteiger charge is -2.03. The van der Waals surface area contributed by atoms with E-state index in [1.54, 1.807) is 0 Å². The van der Waals surface area contributed by atoms with Crippen LogP contribution in [-0.4, -0.2) is 21.3 Å². The van der Waals surface area contributed by atoms with Crippen LogP contribution in [0.15, 0.2) is 12.3 Å². The minimum Gasteiger partial charge on any atom is -0.481 e. The summed E-state index contributed by atoms with van der Waals surface area (Å²) >= 11 is 0. The Labute approximate surface area is 148 Å². The van der Waals surface area contributed by atoms with Gasteiger partial charge in [-0.05, 0) is 6.42 Å². The first-order chi connectivity index (χ1) is 11.2. The fourth-order valence-electron chi connectivity index (χ4n) is 2.65. The molecule has 0 aliphatic carbocycles. The van der Waals surface area contributed by atoms with Gasteiger partial charge in [0.2, 0.25) is 0 Å². The first-order valence-corrected chi connectivity index (χ1v) is 11.1. The molecule has 0 aromatic carbocycles. The molecule has 0 unspecified atom stereocenters. The number of hydrogen-bond acceptors (Lipinski definition) is 1. The van der Waals surface area contributed by atoms with Gasteiger partial charge in [-0.15, -0.1) is 12.3 Å². The smallest absolute Gasteiger partial charge is 0.303 e. The van der Waals surface area contributed by atoms with E-state index in [4.69, 9.17) is 5.11 Å². The lowest BCUT2D eigenvalue weighted by Crippen LogP contribution is -1.93. The number of aliphatic carboxylic acids is 1. The molecule has 0 aliphatic rings. The van der Waals surface area contributed by atoms with Crippen LogP contribution in [0.4, 0.5) is 0 Å². The summed E-state index contributed by atoms with van der Waals surface area (Å²) in [6.07, 6.45) is 20.2. The fraction of sp³-hybridized carbons (Fsp3) is 0.850. The highest BCUT2D eigenvalue weighted by Crippen LogP contribution is 2.13. The molecule has 0 rings (SSSR count). The summed E-state index contributed by atoms with van der Waals surface area (Å²) in [7, 11) is 1.13. The molecule has 0 amide bonds. The molecule has 0 aromatic heterocycles. The van der Waals surface area contributed by atoms with Crippen LogP contribution in [0.25, 0.3) is 0 Å². The first-order valence-electron chi connectivity index (χ1n) is 9.97. The van der Waals surface area contributed by atoms with E-state index in [1.807, 2.05) is 5.70 Å². The molecule has 2 nitrogen and oxygen atoms in total. The summed E-state index contributed by atoms with van der Waals surface area (Å²) < 4.78 is 0. The molecular weight excluding hydrogens is 300 g/mol. The Kier molecular flexibility index (Phi) is 25.4. The number of carbonyl (C=O) groups is 1. The molecule has 138 valence electrons. The second-order valence-corrected chi connectivity index (χ2v) is 7.32. The highest BCUT2D eigenvalue weighted by molar-refractivity contribution is 6.16. The van der Waals surface area contributed by atoms with Crippen molar-refractivity contribution < 1.29 is 9.90 Å². The van der Waals surface area contributed by atoms with E-state index in [2.05, 4.69) is 13.5 Å². The van der Waals surface area contributed by atoms with Gasteiger partial charge in [0, 0.05) is 16.7 Å². The van der Waals surface area contributed by atoms with Crippen molar-refractivity contribution >= 4 is 16.2 Å². The molecule has 0 spiro atoms. The van der Waals surface area contributed by atoms with Crippen LogP contribution < -0.4 is 0 Å². The molecule has 0 atom stereocenters. The van der Waals surface area contributed by atoms with Gasteiger partial charge in [0.15, 0.2) is 0 Å². The largest absolute Gasteiger partial charge is 0.481 e. The van der Waals surface area contributed by atoms with Crippen LogP contribution in [0.5, 0.6) is 0 Å². The molecule has 0 heterocycles. The van der Waals surface area contributed by atoms with Gasteiger partial charge < -0.3 is 5.11 Å².